The maximum atomic E-state index is 10.7. The molecule has 0 radical (unpaired) electrons. The number of carboxylic acids is 1. The van der Waals surface area contributed by atoms with Crippen molar-refractivity contribution in [3.63, 3.8) is 0 Å². The Labute approximate surface area is 71.0 Å². The number of rotatable bonds is 3. The van der Waals surface area contributed by atoms with Gasteiger partial charge in [0.25, 0.3) is 5.56 Å². The van der Waals surface area contributed by atoms with Crippen LogP contribution < -0.4 is 16.0 Å². The predicted octanol–water partition coefficient (Wildman–Crippen LogP) is -1.47. The van der Waals surface area contributed by atoms with E-state index in [4.69, 9.17) is 5.11 Å². The predicted molar refractivity (Wildman–Crippen MR) is 40.8 cm³/mol. The van der Waals surface area contributed by atoms with Gasteiger partial charge in [0.15, 0.2) is 6.61 Å². The van der Waals surface area contributed by atoms with Crippen LogP contribution in [-0.2, 0) is 4.79 Å². The van der Waals surface area contributed by atoms with Gasteiger partial charge in [0.2, 0.25) is 5.88 Å². The van der Waals surface area contributed by atoms with Gasteiger partial charge in [0, 0.05) is 0 Å². The maximum Gasteiger partial charge on any atom is 0.341 e. The molecule has 1 aromatic heterocycles. The molecule has 1 heterocycles. The van der Waals surface area contributed by atoms with E-state index in [1.54, 1.807) is 0 Å². The van der Waals surface area contributed by atoms with E-state index < -0.39 is 23.8 Å². The highest BCUT2D eigenvalue weighted by Crippen LogP contribution is 1.95. The van der Waals surface area contributed by atoms with Crippen molar-refractivity contribution in [2.45, 2.75) is 0 Å². The monoisotopic (exact) mass is 186 g/mol. The molecule has 0 spiro atoms. The molecule has 0 fully saturated rings. The van der Waals surface area contributed by atoms with Crippen molar-refractivity contribution in [2.24, 2.45) is 0 Å². The van der Waals surface area contributed by atoms with Gasteiger partial charge in [0.1, 0.15) is 0 Å². The zero-order valence-electron chi connectivity index (χ0n) is 6.36. The van der Waals surface area contributed by atoms with Crippen LogP contribution in [0.4, 0.5) is 0 Å². The molecule has 0 aliphatic heterocycles. The molecule has 0 atom stereocenters. The summed E-state index contributed by atoms with van der Waals surface area (Å²) in [5, 5.41) is 8.21. The van der Waals surface area contributed by atoms with E-state index in [1.807, 2.05) is 4.98 Å². The molecule has 0 saturated carbocycles. The average Bonchev–Trinajstić information content (AvgIpc) is 1.99. The molecular weight excluding hydrogens is 180 g/mol. The van der Waals surface area contributed by atoms with Crippen LogP contribution in [0.2, 0.25) is 0 Å². The number of aliphatic carboxylic acids is 1. The first-order valence-electron chi connectivity index (χ1n) is 3.26. The summed E-state index contributed by atoms with van der Waals surface area (Å²) in [7, 11) is 0. The molecule has 1 aromatic rings. The van der Waals surface area contributed by atoms with Crippen LogP contribution in [0.15, 0.2) is 15.7 Å². The smallest absolute Gasteiger partial charge is 0.341 e. The Kier molecular flexibility index (Phi) is 2.48. The summed E-state index contributed by atoms with van der Waals surface area (Å²) < 4.78 is 4.55. The van der Waals surface area contributed by atoms with Crippen LogP contribution in [0.1, 0.15) is 0 Å². The summed E-state index contributed by atoms with van der Waals surface area (Å²) in [6, 6.07) is 0.949. The van der Waals surface area contributed by atoms with Crippen LogP contribution in [0.5, 0.6) is 5.88 Å². The van der Waals surface area contributed by atoms with E-state index in [2.05, 4.69) is 9.72 Å². The maximum absolute atomic E-state index is 10.7. The molecular formula is C6H6N2O5. The lowest BCUT2D eigenvalue weighted by atomic mass is 10.6. The lowest BCUT2D eigenvalue weighted by Crippen LogP contribution is -2.23. The van der Waals surface area contributed by atoms with Crippen molar-refractivity contribution in [1.82, 2.24) is 9.97 Å². The molecule has 0 aromatic carbocycles. The fraction of sp³-hybridized carbons (Fsp3) is 0.167. The van der Waals surface area contributed by atoms with E-state index >= 15 is 0 Å². The lowest BCUT2D eigenvalue weighted by Gasteiger charge is -1.99. The minimum Gasteiger partial charge on any atom is -0.479 e. The Morgan fingerprint density at radius 1 is 1.46 bits per heavy atom. The van der Waals surface area contributed by atoms with Crippen molar-refractivity contribution in [2.75, 3.05) is 6.61 Å². The number of H-pyrrole nitrogens is 2. The number of aromatic nitrogens is 2. The van der Waals surface area contributed by atoms with Crippen LogP contribution in [0, 0.1) is 0 Å². The number of aromatic amines is 2. The van der Waals surface area contributed by atoms with Gasteiger partial charge in [-0.05, 0) is 0 Å². The first kappa shape index (κ1) is 9.04. The van der Waals surface area contributed by atoms with Crippen LogP contribution in [0.3, 0.4) is 0 Å². The van der Waals surface area contributed by atoms with Crippen molar-refractivity contribution in [3.8, 4) is 5.88 Å². The summed E-state index contributed by atoms with van der Waals surface area (Å²) in [6.45, 7) is -0.612. The highest BCUT2D eigenvalue weighted by atomic mass is 16.5. The van der Waals surface area contributed by atoms with Gasteiger partial charge in [-0.15, -0.1) is 0 Å². The Bertz CT molecular complexity index is 389. The van der Waals surface area contributed by atoms with Gasteiger partial charge in [-0.2, -0.15) is 0 Å². The highest BCUT2D eigenvalue weighted by molar-refractivity contribution is 5.68. The normalized spacial score (nSPS) is 9.54. The zero-order valence-corrected chi connectivity index (χ0v) is 6.36. The van der Waals surface area contributed by atoms with Crippen LogP contribution in [-0.4, -0.2) is 27.7 Å². The van der Waals surface area contributed by atoms with Gasteiger partial charge < -0.3 is 9.84 Å². The fourth-order valence-corrected chi connectivity index (χ4v) is 0.664. The molecule has 7 heteroatoms. The molecule has 13 heavy (non-hydrogen) atoms. The second kappa shape index (κ2) is 3.57. The molecule has 3 N–H and O–H groups in total. The summed E-state index contributed by atoms with van der Waals surface area (Å²) in [6.07, 6.45) is 0. The minimum atomic E-state index is -1.19. The van der Waals surface area contributed by atoms with E-state index in [-0.39, 0.29) is 5.88 Å². The Morgan fingerprint density at radius 2 is 2.15 bits per heavy atom. The summed E-state index contributed by atoms with van der Waals surface area (Å²) >= 11 is 0. The standard InChI is InChI=1S/C6H6N2O5/c9-3-1-4(8-6(12)7-3)13-2-5(10)11/h1H,2H2,(H,10,11)(H2,7,8,9,12). The quantitative estimate of drug-likeness (QED) is 0.533. The molecule has 0 bridgehead atoms. The molecule has 0 aliphatic carbocycles. The number of hydrogen-bond acceptors (Lipinski definition) is 4. The molecule has 0 aliphatic rings. The molecule has 7 nitrogen and oxygen atoms in total. The van der Waals surface area contributed by atoms with Crippen molar-refractivity contribution in [1.29, 1.82) is 0 Å². The fourth-order valence-electron chi connectivity index (χ4n) is 0.664. The number of carboxylic acid groups (broad SMARTS) is 1. The molecule has 70 valence electrons. The van der Waals surface area contributed by atoms with Crippen LogP contribution >= 0.6 is 0 Å². The number of hydrogen-bond donors (Lipinski definition) is 3. The van der Waals surface area contributed by atoms with E-state index in [0.29, 0.717) is 0 Å². The highest BCUT2D eigenvalue weighted by Gasteiger charge is 2.00. The number of nitrogens with one attached hydrogen (secondary N) is 2. The Morgan fingerprint density at radius 3 is 2.69 bits per heavy atom. The third-order valence-corrected chi connectivity index (χ3v) is 1.09. The second-order valence-corrected chi connectivity index (χ2v) is 2.13. The Balaban J connectivity index is 2.84. The van der Waals surface area contributed by atoms with Gasteiger partial charge >= 0.3 is 11.7 Å². The van der Waals surface area contributed by atoms with Crippen molar-refractivity contribution < 1.29 is 14.6 Å². The van der Waals surface area contributed by atoms with Gasteiger partial charge in [-0.3, -0.25) is 14.8 Å². The van der Waals surface area contributed by atoms with E-state index in [1.165, 1.54) is 0 Å². The molecule has 0 unspecified atom stereocenters. The topological polar surface area (TPSA) is 112 Å². The van der Waals surface area contributed by atoms with E-state index in [9.17, 15) is 14.4 Å². The Hall–Kier alpha value is -2.05. The number of carbonyl (C=O) groups is 1. The van der Waals surface area contributed by atoms with Crippen molar-refractivity contribution in [3.05, 3.63) is 26.9 Å². The van der Waals surface area contributed by atoms with Crippen molar-refractivity contribution >= 4 is 5.97 Å². The zero-order chi connectivity index (χ0) is 9.84. The summed E-state index contributed by atoms with van der Waals surface area (Å²) in [5.74, 6) is -1.36. The number of ether oxygens (including phenoxy) is 1. The van der Waals surface area contributed by atoms with Gasteiger partial charge in [-0.1, -0.05) is 0 Å². The largest absolute Gasteiger partial charge is 0.479 e. The van der Waals surface area contributed by atoms with E-state index in [0.717, 1.165) is 6.07 Å². The SMILES string of the molecule is O=C(O)COc1cc(=O)[nH]c(=O)[nH]1. The molecule has 1 rings (SSSR count). The van der Waals surface area contributed by atoms with Gasteiger partial charge in [0.05, 0.1) is 6.07 Å². The van der Waals surface area contributed by atoms with Gasteiger partial charge in [-0.25, -0.2) is 9.59 Å². The molecule has 0 amide bonds. The first-order chi connectivity index (χ1) is 6.08. The average molecular weight is 186 g/mol. The molecule has 0 saturated heterocycles. The minimum absolute atomic E-state index is 0.170. The third-order valence-electron chi connectivity index (χ3n) is 1.09. The van der Waals surface area contributed by atoms with Crippen LogP contribution in [0.25, 0.3) is 0 Å². The third kappa shape index (κ3) is 2.81. The second-order valence-electron chi connectivity index (χ2n) is 2.13. The first-order valence-corrected chi connectivity index (χ1v) is 3.26. The lowest BCUT2D eigenvalue weighted by molar-refractivity contribution is -0.139. The summed E-state index contributed by atoms with van der Waals surface area (Å²) in [4.78, 5) is 35.3. The summed E-state index contributed by atoms with van der Waals surface area (Å²) in [5.41, 5.74) is -1.39.